The van der Waals surface area contributed by atoms with E-state index in [4.69, 9.17) is 21.3 Å². The maximum atomic E-state index is 13.6. The van der Waals surface area contributed by atoms with Crippen molar-refractivity contribution in [3.63, 3.8) is 0 Å². The molecule has 1 aliphatic carbocycles. The molecule has 1 aliphatic rings. The highest BCUT2D eigenvalue weighted by Crippen LogP contribution is 2.32. The Hall–Kier alpha value is -3.49. The third-order valence-corrected chi connectivity index (χ3v) is 7.38. The van der Waals surface area contributed by atoms with Crippen LogP contribution in [-0.4, -0.2) is 27.0 Å². The van der Waals surface area contributed by atoms with Crippen LogP contribution < -0.4 is 10.3 Å². The van der Waals surface area contributed by atoms with Gasteiger partial charge in [0.1, 0.15) is 18.2 Å². The molecule has 7 nitrogen and oxygen atoms in total. The molecule has 5 rings (SSSR count). The summed E-state index contributed by atoms with van der Waals surface area (Å²) in [5.41, 5.74) is 1.91. The second-order valence-electron chi connectivity index (χ2n) is 9.30. The van der Waals surface area contributed by atoms with Gasteiger partial charge in [0.15, 0.2) is 0 Å². The smallest absolute Gasteiger partial charge is 0.335 e. The maximum Gasteiger partial charge on any atom is 0.335 e. The van der Waals surface area contributed by atoms with Crippen molar-refractivity contribution >= 4 is 50.6 Å². The van der Waals surface area contributed by atoms with Crippen molar-refractivity contribution in [1.82, 2.24) is 9.66 Å². The average Bonchev–Trinajstić information content (AvgIpc) is 2.93. The van der Waals surface area contributed by atoms with Gasteiger partial charge in [-0.1, -0.05) is 58.9 Å². The highest BCUT2D eigenvalue weighted by molar-refractivity contribution is 9.10. The lowest BCUT2D eigenvalue weighted by molar-refractivity contribution is 0.0696. The Bertz CT molecular complexity index is 1600. The largest absolute Gasteiger partial charge is 0.488 e. The topological polar surface area (TPSA) is 93.8 Å². The second-order valence-corrected chi connectivity index (χ2v) is 10.7. The van der Waals surface area contributed by atoms with Crippen molar-refractivity contribution < 1.29 is 14.6 Å². The molecule has 1 heterocycles. The monoisotopic (exact) mass is 593 g/mol. The van der Waals surface area contributed by atoms with Crippen LogP contribution in [0.2, 0.25) is 5.02 Å². The third-order valence-electron chi connectivity index (χ3n) is 6.66. The predicted molar refractivity (Wildman–Crippen MR) is 152 cm³/mol. The van der Waals surface area contributed by atoms with Gasteiger partial charge in [-0.15, -0.1) is 0 Å². The van der Waals surface area contributed by atoms with Gasteiger partial charge in [-0.2, -0.15) is 9.78 Å². The normalized spacial score (nSPS) is 14.3. The van der Waals surface area contributed by atoms with Crippen molar-refractivity contribution in [3.8, 4) is 5.75 Å². The lowest BCUT2D eigenvalue weighted by Crippen LogP contribution is -2.25. The van der Waals surface area contributed by atoms with Gasteiger partial charge in [0.2, 0.25) is 0 Å². The highest BCUT2D eigenvalue weighted by Gasteiger charge is 2.22. The van der Waals surface area contributed by atoms with E-state index in [0.717, 1.165) is 30.2 Å². The predicted octanol–water partition coefficient (Wildman–Crippen LogP) is 7.02. The standard InChI is InChI=1S/C29H25BrClN3O4/c30-22-9-11-25-24(15-22)28(35)34(27(33-25)19-6-2-1-3-7-19)32-16-21-14-23(31)10-12-26(21)38-17-18-5-4-8-20(13-18)29(36)37/h4-5,8-16,19H,1-3,6-7,17H2,(H,36,37). The van der Waals surface area contributed by atoms with Crippen molar-refractivity contribution in [3.05, 3.63) is 103 Å². The molecule has 0 unspecified atom stereocenters. The fourth-order valence-corrected chi connectivity index (χ4v) is 5.27. The van der Waals surface area contributed by atoms with Crippen LogP contribution in [0, 0.1) is 0 Å². The molecule has 9 heteroatoms. The van der Waals surface area contributed by atoms with E-state index in [-0.39, 0.29) is 23.6 Å². The molecule has 1 N–H and O–H groups in total. The first-order valence-corrected chi connectivity index (χ1v) is 13.6. The number of aromatic carboxylic acids is 1. The molecule has 0 amide bonds. The Morgan fingerprint density at radius 3 is 2.74 bits per heavy atom. The van der Waals surface area contributed by atoms with Crippen molar-refractivity contribution in [2.75, 3.05) is 0 Å². The maximum absolute atomic E-state index is 13.6. The Balaban J connectivity index is 1.51. The lowest BCUT2D eigenvalue weighted by atomic mass is 9.88. The van der Waals surface area contributed by atoms with E-state index >= 15 is 0 Å². The number of ether oxygens (including phenoxy) is 1. The van der Waals surface area contributed by atoms with Gasteiger partial charge in [-0.3, -0.25) is 4.79 Å². The molecule has 4 aromatic rings. The number of hydrogen-bond acceptors (Lipinski definition) is 5. The van der Waals surface area contributed by atoms with Crippen molar-refractivity contribution in [1.29, 1.82) is 0 Å². The van der Waals surface area contributed by atoms with E-state index in [1.807, 2.05) is 12.1 Å². The first kappa shape index (κ1) is 26.1. The van der Waals surface area contributed by atoms with Gasteiger partial charge < -0.3 is 9.84 Å². The molecule has 1 fully saturated rings. The number of fused-ring (bicyclic) bond motifs is 1. The summed E-state index contributed by atoms with van der Waals surface area (Å²) in [6.45, 7) is 0.155. The van der Waals surface area contributed by atoms with Crippen molar-refractivity contribution in [2.24, 2.45) is 5.10 Å². The number of carbonyl (C=O) groups is 1. The van der Waals surface area contributed by atoms with E-state index < -0.39 is 5.97 Å². The number of halogens is 2. The average molecular weight is 595 g/mol. The van der Waals surface area contributed by atoms with Crippen LogP contribution in [0.1, 0.15) is 65.3 Å². The summed E-state index contributed by atoms with van der Waals surface area (Å²) in [6.07, 6.45) is 6.86. The third kappa shape index (κ3) is 5.81. The molecule has 0 radical (unpaired) electrons. The zero-order chi connectivity index (χ0) is 26.6. The molecule has 0 spiro atoms. The number of carboxylic acids is 1. The van der Waals surface area contributed by atoms with Crippen LogP contribution in [0.4, 0.5) is 0 Å². The van der Waals surface area contributed by atoms with Gasteiger partial charge in [0, 0.05) is 21.0 Å². The quantitative estimate of drug-likeness (QED) is 0.232. The van der Waals surface area contributed by atoms with Crippen LogP contribution in [-0.2, 0) is 6.61 Å². The van der Waals surface area contributed by atoms with E-state index in [0.29, 0.717) is 38.6 Å². The van der Waals surface area contributed by atoms with Crippen LogP contribution in [0.5, 0.6) is 5.75 Å². The van der Waals surface area contributed by atoms with Gasteiger partial charge in [-0.05, 0) is 66.9 Å². The molecular weight excluding hydrogens is 570 g/mol. The number of rotatable bonds is 7. The molecular formula is C29H25BrClN3O4. The summed E-state index contributed by atoms with van der Waals surface area (Å²) in [4.78, 5) is 29.8. The minimum atomic E-state index is -0.999. The van der Waals surface area contributed by atoms with Gasteiger partial charge in [0.05, 0.1) is 22.7 Å². The Morgan fingerprint density at radius 1 is 1.13 bits per heavy atom. The Morgan fingerprint density at radius 2 is 1.95 bits per heavy atom. The molecule has 0 aliphatic heterocycles. The zero-order valence-corrected chi connectivity index (χ0v) is 22.8. The lowest BCUT2D eigenvalue weighted by Gasteiger charge is -2.22. The SMILES string of the molecule is O=C(O)c1cccc(COc2ccc(Cl)cc2C=Nn2c(C3CCCCC3)nc3ccc(Br)cc3c2=O)c1. The Labute approximate surface area is 232 Å². The number of nitrogens with zero attached hydrogens (tertiary/aromatic N) is 3. The van der Waals surface area contributed by atoms with Gasteiger partial charge in [0.25, 0.3) is 5.56 Å². The van der Waals surface area contributed by atoms with Crippen LogP contribution in [0.15, 0.2) is 75.0 Å². The van der Waals surface area contributed by atoms with E-state index in [1.54, 1.807) is 48.7 Å². The molecule has 0 atom stereocenters. The summed E-state index contributed by atoms with van der Waals surface area (Å²) in [5.74, 6) is 0.318. The van der Waals surface area contributed by atoms with E-state index in [9.17, 15) is 14.7 Å². The molecule has 3 aromatic carbocycles. The fraction of sp³-hybridized carbons (Fsp3) is 0.241. The fourth-order valence-electron chi connectivity index (χ4n) is 4.73. The first-order valence-electron chi connectivity index (χ1n) is 12.4. The molecule has 1 saturated carbocycles. The highest BCUT2D eigenvalue weighted by atomic mass is 79.9. The van der Waals surface area contributed by atoms with Crippen LogP contribution >= 0.6 is 27.5 Å². The summed E-state index contributed by atoms with van der Waals surface area (Å²) < 4.78 is 8.21. The summed E-state index contributed by atoms with van der Waals surface area (Å²) >= 11 is 9.73. The zero-order valence-electron chi connectivity index (χ0n) is 20.4. The second kappa shape index (κ2) is 11.5. The first-order chi connectivity index (χ1) is 18.4. The van der Waals surface area contributed by atoms with E-state index in [2.05, 4.69) is 21.0 Å². The van der Waals surface area contributed by atoms with Crippen LogP contribution in [0.3, 0.4) is 0 Å². The number of hydrogen-bond donors (Lipinski definition) is 1. The van der Waals surface area contributed by atoms with Crippen LogP contribution in [0.25, 0.3) is 10.9 Å². The number of carboxylic acid groups (broad SMARTS) is 1. The minimum absolute atomic E-state index is 0.151. The molecule has 1 aromatic heterocycles. The summed E-state index contributed by atoms with van der Waals surface area (Å²) in [7, 11) is 0. The van der Waals surface area contributed by atoms with Crippen molar-refractivity contribution in [2.45, 2.75) is 44.6 Å². The Kier molecular flexibility index (Phi) is 7.90. The van der Waals surface area contributed by atoms with Gasteiger partial charge in [-0.25, -0.2) is 9.78 Å². The number of benzene rings is 3. The molecule has 38 heavy (non-hydrogen) atoms. The minimum Gasteiger partial charge on any atom is -0.488 e. The molecule has 0 saturated heterocycles. The molecule has 194 valence electrons. The summed E-state index contributed by atoms with van der Waals surface area (Å²) in [6, 6.07) is 17.2. The van der Waals surface area contributed by atoms with Gasteiger partial charge >= 0.3 is 5.97 Å². The number of aromatic nitrogens is 2. The molecule has 0 bridgehead atoms. The van der Waals surface area contributed by atoms with E-state index in [1.165, 1.54) is 17.2 Å². The summed E-state index contributed by atoms with van der Waals surface area (Å²) in [5, 5.41) is 14.8.